The Morgan fingerprint density at radius 1 is 1.36 bits per heavy atom. The van der Waals surface area contributed by atoms with Gasteiger partial charge in [0.05, 0.1) is 17.5 Å². The second-order valence-corrected chi connectivity index (χ2v) is 8.22. The third kappa shape index (κ3) is 3.45. The number of methoxy groups -OCH3 is 1. The molecule has 0 bridgehead atoms. The summed E-state index contributed by atoms with van der Waals surface area (Å²) in [6.07, 6.45) is 1.69. The topological polar surface area (TPSA) is 68.3 Å². The van der Waals surface area contributed by atoms with Gasteiger partial charge in [-0.25, -0.2) is 17.8 Å². The number of rotatable bonds is 5. The summed E-state index contributed by atoms with van der Waals surface area (Å²) in [7, 11) is -2.55. The fourth-order valence-corrected chi connectivity index (χ4v) is 4.17. The average molecular weight is 344 g/mol. The molecule has 0 aliphatic rings. The summed E-state index contributed by atoms with van der Waals surface area (Å²) in [6.45, 7) is 5.35. The minimum absolute atomic E-state index is 0.0629. The van der Waals surface area contributed by atoms with E-state index in [0.717, 1.165) is 17.0 Å². The third-order valence-electron chi connectivity index (χ3n) is 2.98. The Balaban J connectivity index is 2.35. The van der Waals surface area contributed by atoms with Crippen LogP contribution in [0.4, 0.5) is 4.39 Å². The van der Waals surface area contributed by atoms with Gasteiger partial charge in [0.1, 0.15) is 5.01 Å². The van der Waals surface area contributed by atoms with Gasteiger partial charge in [0.15, 0.2) is 11.6 Å². The molecular formula is C14H17FN2O3S2. The highest BCUT2D eigenvalue weighted by atomic mass is 32.2. The lowest BCUT2D eigenvalue weighted by Gasteiger charge is -2.23. The molecule has 1 aromatic heterocycles. The first kappa shape index (κ1) is 16.9. The molecule has 8 heteroatoms. The summed E-state index contributed by atoms with van der Waals surface area (Å²) in [4.78, 5) is 5.15. The van der Waals surface area contributed by atoms with E-state index in [1.165, 1.54) is 24.5 Å². The van der Waals surface area contributed by atoms with E-state index in [0.29, 0.717) is 5.01 Å². The molecule has 0 atom stereocenters. The molecule has 2 rings (SSSR count). The van der Waals surface area contributed by atoms with Crippen molar-refractivity contribution in [3.63, 3.8) is 0 Å². The van der Waals surface area contributed by atoms with Crippen LogP contribution in [0.3, 0.4) is 0 Å². The second-order valence-electron chi connectivity index (χ2n) is 5.30. The van der Waals surface area contributed by atoms with Crippen LogP contribution in [-0.4, -0.2) is 20.5 Å². The molecule has 1 aromatic carbocycles. The molecule has 120 valence electrons. The molecule has 0 spiro atoms. The SMILES string of the molecule is COc1cc(S(=O)(=O)NC(C)(C)c2ncc(C)s2)ccc1F. The van der Waals surface area contributed by atoms with E-state index in [1.807, 2.05) is 6.92 Å². The van der Waals surface area contributed by atoms with Crippen LogP contribution in [0.2, 0.25) is 0 Å². The lowest BCUT2D eigenvalue weighted by molar-refractivity contribution is 0.384. The maximum Gasteiger partial charge on any atom is 0.241 e. The Morgan fingerprint density at radius 3 is 2.59 bits per heavy atom. The molecule has 0 saturated heterocycles. The monoisotopic (exact) mass is 344 g/mol. The van der Waals surface area contributed by atoms with Crippen molar-refractivity contribution in [2.75, 3.05) is 7.11 Å². The lowest BCUT2D eigenvalue weighted by atomic mass is 10.1. The highest BCUT2D eigenvalue weighted by Gasteiger charge is 2.31. The van der Waals surface area contributed by atoms with Crippen molar-refractivity contribution in [3.05, 3.63) is 40.1 Å². The highest BCUT2D eigenvalue weighted by molar-refractivity contribution is 7.89. The zero-order chi connectivity index (χ0) is 16.5. The number of ether oxygens (including phenoxy) is 1. The Bertz CT molecular complexity index is 785. The summed E-state index contributed by atoms with van der Waals surface area (Å²) < 4.78 is 45.8. The van der Waals surface area contributed by atoms with Gasteiger partial charge in [-0.05, 0) is 32.9 Å². The zero-order valence-corrected chi connectivity index (χ0v) is 14.3. The number of aryl methyl sites for hydroxylation is 1. The van der Waals surface area contributed by atoms with Crippen molar-refractivity contribution in [1.29, 1.82) is 0 Å². The van der Waals surface area contributed by atoms with E-state index in [1.54, 1.807) is 20.0 Å². The van der Waals surface area contributed by atoms with E-state index in [2.05, 4.69) is 9.71 Å². The summed E-state index contributed by atoms with van der Waals surface area (Å²) in [5.41, 5.74) is -0.876. The Kier molecular flexibility index (Phi) is 4.55. The molecular weight excluding hydrogens is 327 g/mol. The number of halogens is 1. The first-order chi connectivity index (χ1) is 10.2. The van der Waals surface area contributed by atoms with Crippen LogP contribution in [-0.2, 0) is 15.6 Å². The number of benzene rings is 1. The van der Waals surface area contributed by atoms with Crippen LogP contribution in [0.5, 0.6) is 5.75 Å². The number of hydrogen-bond donors (Lipinski definition) is 1. The van der Waals surface area contributed by atoms with Gasteiger partial charge in [0.2, 0.25) is 10.0 Å². The molecule has 1 N–H and O–H groups in total. The summed E-state index contributed by atoms with van der Waals surface area (Å²) in [5, 5.41) is 0.655. The van der Waals surface area contributed by atoms with E-state index in [-0.39, 0.29) is 10.6 Å². The largest absolute Gasteiger partial charge is 0.494 e. The number of nitrogens with one attached hydrogen (secondary N) is 1. The standard InChI is InChI=1S/C14H17FN2O3S2/c1-9-8-16-13(21-9)14(2,3)17-22(18,19)10-5-6-11(15)12(7-10)20-4/h5-8,17H,1-4H3. The van der Waals surface area contributed by atoms with E-state index >= 15 is 0 Å². The summed E-state index contributed by atoms with van der Waals surface area (Å²) >= 11 is 1.42. The fraction of sp³-hybridized carbons (Fsp3) is 0.357. The van der Waals surface area contributed by atoms with Crippen molar-refractivity contribution in [1.82, 2.24) is 9.71 Å². The summed E-state index contributed by atoms with van der Waals surface area (Å²) in [5.74, 6) is -0.734. The maximum atomic E-state index is 13.4. The quantitative estimate of drug-likeness (QED) is 0.906. The average Bonchev–Trinajstić information content (AvgIpc) is 2.85. The van der Waals surface area contributed by atoms with Gasteiger partial charge in [0, 0.05) is 17.1 Å². The number of nitrogens with zero attached hydrogens (tertiary/aromatic N) is 1. The minimum Gasteiger partial charge on any atom is -0.494 e. The minimum atomic E-state index is -3.84. The van der Waals surface area contributed by atoms with Crippen LogP contribution in [0, 0.1) is 12.7 Å². The van der Waals surface area contributed by atoms with Crippen molar-refractivity contribution < 1.29 is 17.5 Å². The van der Waals surface area contributed by atoms with Gasteiger partial charge in [-0.3, -0.25) is 0 Å². The normalized spacial score (nSPS) is 12.4. The molecule has 0 unspecified atom stereocenters. The molecule has 2 aromatic rings. The van der Waals surface area contributed by atoms with Gasteiger partial charge < -0.3 is 4.74 Å². The van der Waals surface area contributed by atoms with Gasteiger partial charge in [-0.2, -0.15) is 4.72 Å². The maximum absolute atomic E-state index is 13.4. The number of hydrogen-bond acceptors (Lipinski definition) is 5. The lowest BCUT2D eigenvalue weighted by Crippen LogP contribution is -2.40. The summed E-state index contributed by atoms with van der Waals surface area (Å²) in [6, 6.07) is 3.41. The van der Waals surface area contributed by atoms with Crippen molar-refractivity contribution >= 4 is 21.4 Å². The van der Waals surface area contributed by atoms with Crippen molar-refractivity contribution in [3.8, 4) is 5.75 Å². The molecule has 0 aliphatic carbocycles. The molecule has 0 aliphatic heterocycles. The van der Waals surface area contributed by atoms with Crippen LogP contribution < -0.4 is 9.46 Å². The van der Waals surface area contributed by atoms with Crippen molar-refractivity contribution in [2.24, 2.45) is 0 Å². The molecule has 22 heavy (non-hydrogen) atoms. The van der Waals surface area contributed by atoms with E-state index in [9.17, 15) is 12.8 Å². The molecule has 0 amide bonds. The molecule has 0 fully saturated rings. The van der Waals surface area contributed by atoms with E-state index < -0.39 is 21.4 Å². The smallest absolute Gasteiger partial charge is 0.241 e. The van der Waals surface area contributed by atoms with E-state index in [4.69, 9.17) is 4.74 Å². The Labute approximate surface area is 133 Å². The first-order valence-electron chi connectivity index (χ1n) is 6.46. The fourth-order valence-electron chi connectivity index (χ4n) is 1.89. The van der Waals surface area contributed by atoms with Gasteiger partial charge in [-0.15, -0.1) is 11.3 Å². The van der Waals surface area contributed by atoms with Crippen molar-refractivity contribution in [2.45, 2.75) is 31.2 Å². The molecule has 5 nitrogen and oxygen atoms in total. The van der Waals surface area contributed by atoms with Crippen LogP contribution >= 0.6 is 11.3 Å². The predicted molar refractivity (Wildman–Crippen MR) is 83.2 cm³/mol. The zero-order valence-electron chi connectivity index (χ0n) is 12.7. The van der Waals surface area contributed by atoms with Crippen LogP contribution in [0.1, 0.15) is 23.7 Å². The van der Waals surface area contributed by atoms with Gasteiger partial charge >= 0.3 is 0 Å². The molecule has 0 radical (unpaired) electrons. The van der Waals surface area contributed by atoms with Gasteiger partial charge in [0.25, 0.3) is 0 Å². The highest BCUT2D eigenvalue weighted by Crippen LogP contribution is 2.28. The first-order valence-corrected chi connectivity index (χ1v) is 8.76. The van der Waals surface area contributed by atoms with Gasteiger partial charge in [-0.1, -0.05) is 0 Å². The number of aromatic nitrogens is 1. The predicted octanol–water partition coefficient (Wildman–Crippen LogP) is 2.81. The number of sulfonamides is 1. The number of thiazole rings is 1. The molecule has 1 heterocycles. The Hall–Kier alpha value is -1.51. The van der Waals surface area contributed by atoms with Crippen LogP contribution in [0.15, 0.2) is 29.3 Å². The molecule has 0 saturated carbocycles. The second kappa shape index (κ2) is 5.94. The van der Waals surface area contributed by atoms with Crippen LogP contribution in [0.25, 0.3) is 0 Å². The Morgan fingerprint density at radius 2 is 2.05 bits per heavy atom. The third-order valence-corrected chi connectivity index (χ3v) is 5.87.